The van der Waals surface area contributed by atoms with Gasteiger partial charge in [-0.3, -0.25) is 0 Å². The van der Waals surface area contributed by atoms with Crippen molar-refractivity contribution in [2.45, 2.75) is 43.7 Å². The van der Waals surface area contributed by atoms with Crippen molar-refractivity contribution in [2.24, 2.45) is 0 Å². The SMILES string of the molecule is CNc1ccnc(C2CC3CCC(C2)N3C)n1. The highest BCUT2D eigenvalue weighted by Gasteiger charge is 2.39. The Bertz CT molecular complexity index is 392. The molecule has 0 spiro atoms. The molecule has 1 aromatic heterocycles. The number of rotatable bonds is 2. The fraction of sp³-hybridized carbons (Fsp3) is 0.692. The van der Waals surface area contributed by atoms with E-state index in [4.69, 9.17) is 0 Å². The van der Waals surface area contributed by atoms with Gasteiger partial charge in [0.15, 0.2) is 0 Å². The molecule has 0 radical (unpaired) electrons. The van der Waals surface area contributed by atoms with E-state index in [0.29, 0.717) is 5.92 Å². The summed E-state index contributed by atoms with van der Waals surface area (Å²) in [5.41, 5.74) is 0. The average molecular weight is 232 g/mol. The monoisotopic (exact) mass is 232 g/mol. The Morgan fingerprint density at radius 2 is 2.00 bits per heavy atom. The number of nitrogens with zero attached hydrogens (tertiary/aromatic N) is 3. The third kappa shape index (κ3) is 1.90. The molecule has 1 N–H and O–H groups in total. The quantitative estimate of drug-likeness (QED) is 0.845. The van der Waals surface area contributed by atoms with Crippen LogP contribution in [0.5, 0.6) is 0 Å². The van der Waals surface area contributed by atoms with Crippen molar-refractivity contribution >= 4 is 5.82 Å². The van der Waals surface area contributed by atoms with E-state index in [1.54, 1.807) is 0 Å². The first kappa shape index (κ1) is 11.0. The van der Waals surface area contributed by atoms with E-state index in [2.05, 4.69) is 27.2 Å². The summed E-state index contributed by atoms with van der Waals surface area (Å²) in [5.74, 6) is 2.51. The van der Waals surface area contributed by atoms with Gasteiger partial charge in [-0.15, -0.1) is 0 Å². The van der Waals surface area contributed by atoms with E-state index >= 15 is 0 Å². The summed E-state index contributed by atoms with van der Waals surface area (Å²) in [4.78, 5) is 11.6. The molecule has 2 bridgehead atoms. The van der Waals surface area contributed by atoms with Crippen molar-refractivity contribution in [2.75, 3.05) is 19.4 Å². The lowest BCUT2D eigenvalue weighted by molar-refractivity contribution is 0.159. The van der Waals surface area contributed by atoms with Crippen LogP contribution in [0.2, 0.25) is 0 Å². The minimum absolute atomic E-state index is 0.553. The molecule has 17 heavy (non-hydrogen) atoms. The topological polar surface area (TPSA) is 41.1 Å². The molecule has 2 aliphatic heterocycles. The molecule has 0 aromatic carbocycles. The first-order chi connectivity index (χ1) is 8.28. The van der Waals surface area contributed by atoms with E-state index in [1.807, 2.05) is 19.3 Å². The van der Waals surface area contributed by atoms with Crippen LogP contribution in [0.4, 0.5) is 5.82 Å². The highest BCUT2D eigenvalue weighted by Crippen LogP contribution is 2.41. The summed E-state index contributed by atoms with van der Waals surface area (Å²) in [6, 6.07) is 3.42. The van der Waals surface area contributed by atoms with Gasteiger partial charge in [0.1, 0.15) is 11.6 Å². The van der Waals surface area contributed by atoms with Gasteiger partial charge in [0, 0.05) is 31.2 Å². The zero-order valence-corrected chi connectivity index (χ0v) is 10.6. The van der Waals surface area contributed by atoms with Gasteiger partial charge in [-0.05, 0) is 38.8 Å². The van der Waals surface area contributed by atoms with E-state index < -0.39 is 0 Å². The normalized spacial score (nSPS) is 32.7. The number of nitrogens with one attached hydrogen (secondary N) is 1. The van der Waals surface area contributed by atoms with Crippen molar-refractivity contribution in [3.63, 3.8) is 0 Å². The van der Waals surface area contributed by atoms with E-state index in [9.17, 15) is 0 Å². The molecule has 4 nitrogen and oxygen atoms in total. The Hall–Kier alpha value is -1.16. The zero-order chi connectivity index (χ0) is 11.8. The first-order valence-electron chi connectivity index (χ1n) is 6.50. The molecule has 1 aromatic rings. The second-order valence-electron chi connectivity index (χ2n) is 5.27. The average Bonchev–Trinajstić information content (AvgIpc) is 2.61. The molecular weight excluding hydrogens is 212 g/mol. The maximum atomic E-state index is 4.60. The lowest BCUT2D eigenvalue weighted by atomic mass is 9.90. The van der Waals surface area contributed by atoms with E-state index in [1.165, 1.54) is 25.7 Å². The molecule has 2 fully saturated rings. The number of hydrogen-bond donors (Lipinski definition) is 1. The van der Waals surface area contributed by atoms with Crippen LogP contribution in [-0.4, -0.2) is 41.0 Å². The largest absolute Gasteiger partial charge is 0.373 e. The van der Waals surface area contributed by atoms with Crippen LogP contribution < -0.4 is 5.32 Å². The van der Waals surface area contributed by atoms with Crippen LogP contribution in [0.3, 0.4) is 0 Å². The maximum Gasteiger partial charge on any atom is 0.133 e. The van der Waals surface area contributed by atoms with Crippen LogP contribution >= 0.6 is 0 Å². The molecular formula is C13H20N4. The van der Waals surface area contributed by atoms with Gasteiger partial charge < -0.3 is 10.2 Å². The Kier molecular flexibility index (Phi) is 2.74. The third-order valence-electron chi connectivity index (χ3n) is 4.39. The highest BCUT2D eigenvalue weighted by molar-refractivity contribution is 5.32. The van der Waals surface area contributed by atoms with Gasteiger partial charge in [-0.1, -0.05) is 0 Å². The Morgan fingerprint density at radius 1 is 1.29 bits per heavy atom. The zero-order valence-electron chi connectivity index (χ0n) is 10.6. The van der Waals surface area contributed by atoms with Crippen LogP contribution in [0.15, 0.2) is 12.3 Å². The maximum absolute atomic E-state index is 4.60. The van der Waals surface area contributed by atoms with E-state index in [-0.39, 0.29) is 0 Å². The molecule has 3 heterocycles. The predicted molar refractivity (Wildman–Crippen MR) is 68.1 cm³/mol. The fourth-order valence-corrected chi connectivity index (χ4v) is 3.33. The van der Waals surface area contributed by atoms with Crippen molar-refractivity contribution in [1.29, 1.82) is 0 Å². The minimum atomic E-state index is 0.553. The van der Waals surface area contributed by atoms with E-state index in [0.717, 1.165) is 23.7 Å². The number of aromatic nitrogens is 2. The molecule has 92 valence electrons. The number of anilines is 1. The van der Waals surface area contributed by atoms with Gasteiger partial charge in [0.05, 0.1) is 0 Å². The molecule has 3 rings (SSSR count). The molecule has 2 unspecified atom stereocenters. The third-order valence-corrected chi connectivity index (χ3v) is 4.39. The summed E-state index contributed by atoms with van der Waals surface area (Å²) >= 11 is 0. The smallest absolute Gasteiger partial charge is 0.133 e. The first-order valence-corrected chi connectivity index (χ1v) is 6.50. The van der Waals surface area contributed by atoms with Crippen molar-refractivity contribution in [3.8, 4) is 0 Å². The van der Waals surface area contributed by atoms with Gasteiger partial charge in [-0.25, -0.2) is 9.97 Å². The lowest BCUT2D eigenvalue weighted by Gasteiger charge is -2.35. The van der Waals surface area contributed by atoms with Gasteiger partial charge in [0.2, 0.25) is 0 Å². The molecule has 2 aliphatic rings. The second-order valence-corrected chi connectivity index (χ2v) is 5.27. The summed E-state index contributed by atoms with van der Waals surface area (Å²) in [6.45, 7) is 0. The summed E-state index contributed by atoms with van der Waals surface area (Å²) < 4.78 is 0. The van der Waals surface area contributed by atoms with Gasteiger partial charge in [-0.2, -0.15) is 0 Å². The van der Waals surface area contributed by atoms with Gasteiger partial charge in [0.25, 0.3) is 0 Å². The summed E-state index contributed by atoms with van der Waals surface area (Å²) in [5, 5.41) is 3.09. The molecule has 0 saturated carbocycles. The summed E-state index contributed by atoms with van der Waals surface area (Å²) in [7, 11) is 4.17. The minimum Gasteiger partial charge on any atom is -0.373 e. The standard InChI is InChI=1S/C13H20N4/c1-14-12-5-6-15-13(16-12)9-7-10-3-4-11(8-9)17(10)2/h5-6,9-11H,3-4,7-8H2,1-2H3,(H,14,15,16). The van der Waals surface area contributed by atoms with Crippen LogP contribution in [0.25, 0.3) is 0 Å². The molecule has 0 amide bonds. The lowest BCUT2D eigenvalue weighted by Crippen LogP contribution is -2.39. The second kappa shape index (κ2) is 4.26. The molecule has 0 aliphatic carbocycles. The van der Waals surface area contributed by atoms with Crippen molar-refractivity contribution in [3.05, 3.63) is 18.1 Å². The van der Waals surface area contributed by atoms with Crippen LogP contribution in [-0.2, 0) is 0 Å². The van der Waals surface area contributed by atoms with Crippen molar-refractivity contribution in [1.82, 2.24) is 14.9 Å². The molecule has 2 saturated heterocycles. The van der Waals surface area contributed by atoms with Crippen molar-refractivity contribution < 1.29 is 0 Å². The predicted octanol–water partition coefficient (Wildman–Crippen LogP) is 1.86. The molecule has 4 heteroatoms. The van der Waals surface area contributed by atoms with Crippen LogP contribution in [0, 0.1) is 0 Å². The molecule has 2 atom stereocenters. The Labute approximate surface area is 102 Å². The number of hydrogen-bond acceptors (Lipinski definition) is 4. The highest BCUT2D eigenvalue weighted by atomic mass is 15.2. The Balaban J connectivity index is 1.81. The number of piperidine rings is 1. The Morgan fingerprint density at radius 3 is 2.65 bits per heavy atom. The van der Waals surface area contributed by atoms with Gasteiger partial charge >= 0.3 is 0 Å². The fourth-order valence-electron chi connectivity index (χ4n) is 3.33. The number of fused-ring (bicyclic) bond motifs is 2. The van der Waals surface area contributed by atoms with Crippen LogP contribution in [0.1, 0.15) is 37.4 Å². The summed E-state index contributed by atoms with van der Waals surface area (Å²) in [6.07, 6.45) is 7.02.